The van der Waals surface area contributed by atoms with Crippen LogP contribution in [0, 0.1) is 5.82 Å². The van der Waals surface area contributed by atoms with Crippen molar-refractivity contribution in [3.63, 3.8) is 0 Å². The molecule has 20 heavy (non-hydrogen) atoms. The summed E-state index contributed by atoms with van der Waals surface area (Å²) in [6.07, 6.45) is 2.79. The van der Waals surface area contributed by atoms with Crippen LogP contribution in [-0.4, -0.2) is 32.3 Å². The highest BCUT2D eigenvalue weighted by molar-refractivity contribution is 9.10. The molecule has 1 saturated carbocycles. The topological polar surface area (TPSA) is 54.5 Å². The van der Waals surface area contributed by atoms with Crippen molar-refractivity contribution >= 4 is 41.6 Å². The third-order valence-electron chi connectivity index (χ3n) is 3.46. The molecular weight excluding hydrogens is 373 g/mol. The summed E-state index contributed by atoms with van der Waals surface area (Å²) in [5, 5.41) is 0. The molecule has 1 aromatic carbocycles. The van der Waals surface area contributed by atoms with Crippen molar-refractivity contribution in [2.24, 2.45) is 0 Å². The Kier molecular flexibility index (Phi) is 4.41. The second kappa shape index (κ2) is 5.61. The highest BCUT2D eigenvalue weighted by atomic mass is 79.9. The zero-order valence-electron chi connectivity index (χ0n) is 10.6. The molecule has 1 fully saturated rings. The van der Waals surface area contributed by atoms with Crippen molar-refractivity contribution in [3.05, 3.63) is 28.0 Å². The second-order valence-corrected chi connectivity index (χ2v) is 8.09. The maximum absolute atomic E-state index is 13.9. The summed E-state index contributed by atoms with van der Waals surface area (Å²) < 4.78 is 36.7. The largest absolute Gasteiger partial charge is 0.339 e. The van der Waals surface area contributed by atoms with Gasteiger partial charge in [-0.15, -0.1) is 0 Å². The first-order valence-electron chi connectivity index (χ1n) is 5.92. The molecule has 1 amide bonds. The Balaban J connectivity index is 2.43. The van der Waals surface area contributed by atoms with E-state index in [0.717, 1.165) is 31.4 Å². The highest BCUT2D eigenvalue weighted by Crippen LogP contribution is 2.30. The van der Waals surface area contributed by atoms with Gasteiger partial charge in [-0.1, -0.05) is 0 Å². The molecule has 0 saturated heterocycles. The molecular formula is C12H12BrClFNO3S. The summed E-state index contributed by atoms with van der Waals surface area (Å²) >= 11 is 2.93. The fraction of sp³-hybridized carbons (Fsp3) is 0.417. The van der Waals surface area contributed by atoms with Crippen molar-refractivity contribution in [1.82, 2.24) is 4.90 Å². The number of carbonyl (C=O) groups excluding carboxylic acids is 1. The molecule has 0 unspecified atom stereocenters. The van der Waals surface area contributed by atoms with Crippen molar-refractivity contribution in [1.29, 1.82) is 0 Å². The van der Waals surface area contributed by atoms with Crippen LogP contribution in [0.5, 0.6) is 0 Å². The Bertz CT molecular complexity index is 661. The Morgan fingerprint density at radius 3 is 2.50 bits per heavy atom. The van der Waals surface area contributed by atoms with E-state index < -0.39 is 20.8 Å². The van der Waals surface area contributed by atoms with E-state index in [4.69, 9.17) is 10.7 Å². The van der Waals surface area contributed by atoms with Crippen LogP contribution < -0.4 is 0 Å². The van der Waals surface area contributed by atoms with E-state index in [1.54, 1.807) is 7.05 Å². The lowest BCUT2D eigenvalue weighted by Crippen LogP contribution is -2.41. The lowest BCUT2D eigenvalue weighted by atomic mass is 9.91. The molecule has 0 aromatic heterocycles. The lowest BCUT2D eigenvalue weighted by Gasteiger charge is -2.34. The minimum atomic E-state index is -4.06. The monoisotopic (exact) mass is 383 g/mol. The van der Waals surface area contributed by atoms with Gasteiger partial charge >= 0.3 is 0 Å². The molecule has 1 aliphatic rings. The van der Waals surface area contributed by atoms with E-state index in [9.17, 15) is 17.6 Å². The number of hydrogen-bond donors (Lipinski definition) is 0. The van der Waals surface area contributed by atoms with E-state index >= 15 is 0 Å². The van der Waals surface area contributed by atoms with Gasteiger partial charge in [0.05, 0.1) is 10.5 Å². The van der Waals surface area contributed by atoms with E-state index in [-0.39, 0.29) is 21.0 Å². The Hall–Kier alpha value is -0.660. The minimum Gasteiger partial charge on any atom is -0.339 e. The quantitative estimate of drug-likeness (QED) is 0.752. The normalized spacial score (nSPS) is 15.8. The summed E-state index contributed by atoms with van der Waals surface area (Å²) in [5.74, 6) is -1.32. The smallest absolute Gasteiger partial charge is 0.262 e. The van der Waals surface area contributed by atoms with Crippen LogP contribution in [0.3, 0.4) is 0 Å². The first-order valence-corrected chi connectivity index (χ1v) is 9.03. The number of halogens is 3. The van der Waals surface area contributed by atoms with E-state index in [1.165, 1.54) is 4.90 Å². The summed E-state index contributed by atoms with van der Waals surface area (Å²) in [7, 11) is 2.80. The number of amides is 1. The van der Waals surface area contributed by atoms with Gasteiger partial charge in [-0.3, -0.25) is 4.79 Å². The van der Waals surface area contributed by atoms with Crippen molar-refractivity contribution < 1.29 is 17.6 Å². The molecule has 0 N–H and O–H groups in total. The molecule has 110 valence electrons. The van der Waals surface area contributed by atoms with E-state index in [1.807, 2.05) is 0 Å². The first kappa shape index (κ1) is 15.7. The molecule has 4 nitrogen and oxygen atoms in total. The van der Waals surface area contributed by atoms with Crippen LogP contribution >= 0.6 is 26.6 Å². The van der Waals surface area contributed by atoms with E-state index in [2.05, 4.69) is 15.9 Å². The van der Waals surface area contributed by atoms with Gasteiger partial charge in [-0.2, -0.15) is 0 Å². The van der Waals surface area contributed by atoms with Crippen LogP contribution in [-0.2, 0) is 9.05 Å². The van der Waals surface area contributed by atoms with Crippen LogP contribution in [0.4, 0.5) is 4.39 Å². The predicted octanol–water partition coefficient (Wildman–Crippen LogP) is 3.14. The zero-order valence-corrected chi connectivity index (χ0v) is 13.7. The number of nitrogens with zero attached hydrogens (tertiary/aromatic N) is 1. The van der Waals surface area contributed by atoms with Gasteiger partial charge in [-0.05, 0) is 47.3 Å². The molecule has 0 bridgehead atoms. The SMILES string of the molecule is CN(C(=O)c1cc(S(=O)(=O)Cl)c(Br)cc1F)C1CCC1. The standard InChI is InChI=1S/C12H12BrClFNO3S/c1-16(7-3-2-4-7)12(17)8-5-11(20(14,18)19)9(13)6-10(8)15/h5-7H,2-4H2,1H3. The number of benzene rings is 1. The molecule has 0 heterocycles. The first-order chi connectivity index (χ1) is 9.21. The van der Waals surface area contributed by atoms with Gasteiger partial charge in [-0.25, -0.2) is 12.8 Å². The van der Waals surface area contributed by atoms with Crippen molar-refractivity contribution in [2.75, 3.05) is 7.05 Å². The molecule has 0 radical (unpaired) electrons. The number of carbonyl (C=O) groups is 1. The van der Waals surface area contributed by atoms with E-state index in [0.29, 0.717) is 0 Å². The van der Waals surface area contributed by atoms with Crippen molar-refractivity contribution in [3.8, 4) is 0 Å². The fourth-order valence-electron chi connectivity index (χ4n) is 2.01. The van der Waals surface area contributed by atoms with Crippen molar-refractivity contribution in [2.45, 2.75) is 30.2 Å². The van der Waals surface area contributed by atoms with Gasteiger partial charge < -0.3 is 4.90 Å². The Morgan fingerprint density at radius 2 is 2.05 bits per heavy atom. The molecule has 0 aliphatic heterocycles. The van der Waals surface area contributed by atoms with Gasteiger partial charge in [0, 0.05) is 28.2 Å². The molecule has 1 aliphatic carbocycles. The molecule has 2 rings (SSSR count). The Labute approximate surface area is 129 Å². The van der Waals surface area contributed by atoms with Crippen LogP contribution in [0.15, 0.2) is 21.5 Å². The Morgan fingerprint density at radius 1 is 1.45 bits per heavy atom. The molecule has 8 heteroatoms. The summed E-state index contributed by atoms with van der Waals surface area (Å²) in [5.41, 5.74) is -0.290. The number of rotatable bonds is 3. The molecule has 1 aromatic rings. The third kappa shape index (κ3) is 2.99. The maximum Gasteiger partial charge on any atom is 0.262 e. The summed E-state index contributed by atoms with van der Waals surface area (Å²) in [6.45, 7) is 0. The van der Waals surface area contributed by atoms with Gasteiger partial charge in [0.2, 0.25) is 0 Å². The average Bonchev–Trinajstić information content (AvgIpc) is 2.23. The fourth-order valence-corrected chi connectivity index (χ4v) is 4.18. The molecule has 0 atom stereocenters. The summed E-state index contributed by atoms with van der Waals surface area (Å²) in [6, 6.07) is 2.00. The highest BCUT2D eigenvalue weighted by Gasteiger charge is 2.29. The summed E-state index contributed by atoms with van der Waals surface area (Å²) in [4.78, 5) is 13.4. The minimum absolute atomic E-state index is 0.00662. The van der Waals surface area contributed by atoms with Gasteiger partial charge in [0.1, 0.15) is 5.82 Å². The van der Waals surface area contributed by atoms with Crippen LogP contribution in [0.25, 0.3) is 0 Å². The maximum atomic E-state index is 13.9. The van der Waals surface area contributed by atoms with Gasteiger partial charge in [0.15, 0.2) is 0 Å². The number of hydrogen-bond acceptors (Lipinski definition) is 3. The van der Waals surface area contributed by atoms with Gasteiger partial charge in [0.25, 0.3) is 15.0 Å². The molecule has 0 spiro atoms. The second-order valence-electron chi connectivity index (χ2n) is 4.70. The third-order valence-corrected chi connectivity index (χ3v) is 5.74. The average molecular weight is 385 g/mol. The van der Waals surface area contributed by atoms with Crippen LogP contribution in [0.2, 0.25) is 0 Å². The van der Waals surface area contributed by atoms with Crippen LogP contribution in [0.1, 0.15) is 29.6 Å². The lowest BCUT2D eigenvalue weighted by molar-refractivity contribution is 0.0647. The predicted molar refractivity (Wildman–Crippen MR) is 76.9 cm³/mol. The zero-order chi connectivity index (χ0) is 15.1.